The van der Waals surface area contributed by atoms with Gasteiger partial charge in [-0.1, -0.05) is 0 Å². The van der Waals surface area contributed by atoms with E-state index in [-0.39, 0.29) is 23.1 Å². The van der Waals surface area contributed by atoms with Crippen LogP contribution in [0.15, 0.2) is 22.8 Å². The lowest BCUT2D eigenvalue weighted by Gasteiger charge is -2.05. The first-order valence-corrected chi connectivity index (χ1v) is 4.57. The van der Waals surface area contributed by atoms with E-state index in [1.165, 1.54) is 13.2 Å². The molecule has 0 amide bonds. The summed E-state index contributed by atoms with van der Waals surface area (Å²) in [6.45, 7) is 1.35. The molecular formula is C10H10N4O2. The number of nitrogens with two attached hydrogens (primary N) is 2. The molecule has 0 aliphatic rings. The van der Waals surface area contributed by atoms with Crippen LogP contribution >= 0.6 is 0 Å². The zero-order valence-corrected chi connectivity index (χ0v) is 8.60. The average molecular weight is 218 g/mol. The van der Waals surface area contributed by atoms with Gasteiger partial charge in [0, 0.05) is 6.92 Å². The number of Topliss-reactive ketones (excluding diaryl/α,β-unsaturated/α-hetero) is 1. The number of aromatic nitrogens is 2. The van der Waals surface area contributed by atoms with Gasteiger partial charge < -0.3 is 15.9 Å². The Morgan fingerprint density at radius 2 is 2.06 bits per heavy atom. The van der Waals surface area contributed by atoms with Gasteiger partial charge in [0.15, 0.2) is 34.6 Å². The molecule has 2 aromatic rings. The van der Waals surface area contributed by atoms with Gasteiger partial charge in [-0.2, -0.15) is 0 Å². The molecule has 82 valence electrons. The van der Waals surface area contributed by atoms with Crippen molar-refractivity contribution in [2.24, 2.45) is 0 Å². The lowest BCUT2D eigenvalue weighted by Crippen LogP contribution is -2.09. The van der Waals surface area contributed by atoms with Crippen LogP contribution in [0.1, 0.15) is 17.4 Å². The molecule has 6 heteroatoms. The quantitative estimate of drug-likeness (QED) is 0.731. The number of nitrogen functional groups attached to an aromatic ring is 2. The van der Waals surface area contributed by atoms with Gasteiger partial charge in [0.1, 0.15) is 0 Å². The average Bonchev–Trinajstić information content (AvgIpc) is 2.73. The maximum absolute atomic E-state index is 11.2. The summed E-state index contributed by atoms with van der Waals surface area (Å²) in [6, 6.07) is 3.39. The molecule has 0 saturated carbocycles. The van der Waals surface area contributed by atoms with E-state index in [1.54, 1.807) is 12.1 Å². The highest BCUT2D eigenvalue weighted by molar-refractivity contribution is 5.97. The third kappa shape index (κ3) is 1.60. The second-order valence-electron chi connectivity index (χ2n) is 3.22. The summed E-state index contributed by atoms with van der Waals surface area (Å²) in [6.07, 6.45) is 1.49. The monoisotopic (exact) mass is 218 g/mol. The molecule has 4 N–H and O–H groups in total. The topological polar surface area (TPSA) is 108 Å². The van der Waals surface area contributed by atoms with Gasteiger partial charge in [-0.3, -0.25) is 4.79 Å². The van der Waals surface area contributed by atoms with Gasteiger partial charge in [0.05, 0.1) is 6.26 Å². The van der Waals surface area contributed by atoms with Crippen molar-refractivity contribution in [2.75, 3.05) is 11.5 Å². The van der Waals surface area contributed by atoms with Crippen molar-refractivity contribution >= 4 is 17.4 Å². The minimum absolute atomic E-state index is 0.0492. The smallest absolute Gasteiger partial charge is 0.181 e. The Kier molecular flexibility index (Phi) is 2.32. The summed E-state index contributed by atoms with van der Waals surface area (Å²) < 4.78 is 5.13. The fraction of sp³-hybridized carbons (Fsp3) is 0.100. The third-order valence-electron chi connectivity index (χ3n) is 2.04. The van der Waals surface area contributed by atoms with E-state index in [0.29, 0.717) is 11.5 Å². The predicted octanol–water partition coefficient (Wildman–Crippen LogP) is 1.10. The van der Waals surface area contributed by atoms with Gasteiger partial charge in [-0.15, -0.1) is 0 Å². The van der Waals surface area contributed by atoms with E-state index in [4.69, 9.17) is 15.9 Å². The molecule has 2 rings (SSSR count). The summed E-state index contributed by atoms with van der Waals surface area (Å²) in [5.41, 5.74) is 11.7. The van der Waals surface area contributed by atoms with Crippen molar-refractivity contribution in [2.45, 2.75) is 6.92 Å². The van der Waals surface area contributed by atoms with E-state index >= 15 is 0 Å². The van der Waals surface area contributed by atoms with Crippen molar-refractivity contribution in [1.82, 2.24) is 9.97 Å². The van der Waals surface area contributed by atoms with Crippen LogP contribution in [-0.4, -0.2) is 15.8 Å². The summed E-state index contributed by atoms with van der Waals surface area (Å²) in [5.74, 6) is 0.358. The third-order valence-corrected chi connectivity index (χ3v) is 2.04. The van der Waals surface area contributed by atoms with E-state index in [9.17, 15) is 4.79 Å². The number of hydrogen-bond acceptors (Lipinski definition) is 6. The molecule has 0 spiro atoms. The van der Waals surface area contributed by atoms with Crippen LogP contribution < -0.4 is 11.5 Å². The van der Waals surface area contributed by atoms with E-state index < -0.39 is 0 Å². The van der Waals surface area contributed by atoms with Crippen LogP contribution in [0.2, 0.25) is 0 Å². The Hall–Kier alpha value is -2.37. The van der Waals surface area contributed by atoms with Crippen molar-refractivity contribution in [3.63, 3.8) is 0 Å². The van der Waals surface area contributed by atoms with E-state index in [1.807, 2.05) is 0 Å². The van der Waals surface area contributed by atoms with Crippen molar-refractivity contribution in [3.05, 3.63) is 24.1 Å². The molecule has 0 aromatic carbocycles. The summed E-state index contributed by atoms with van der Waals surface area (Å²) in [5, 5.41) is 0. The fourth-order valence-electron chi connectivity index (χ4n) is 1.32. The maximum atomic E-state index is 11.2. The van der Waals surface area contributed by atoms with Gasteiger partial charge >= 0.3 is 0 Å². The lowest BCUT2D eigenvalue weighted by molar-refractivity contribution is 0.101. The molecule has 6 nitrogen and oxygen atoms in total. The Bertz CT molecular complexity index is 534. The molecule has 0 atom stereocenters. The highest BCUT2D eigenvalue weighted by atomic mass is 16.3. The minimum atomic E-state index is -0.275. The van der Waals surface area contributed by atoms with Crippen LogP contribution in [0.25, 0.3) is 11.5 Å². The fourth-order valence-corrected chi connectivity index (χ4v) is 1.32. The standard InChI is InChI=1S/C10H10N4O2/c1-5(15)7-9(11)14-8(10(12)13-7)6-3-2-4-16-6/h2-4H,1H3,(H2,11,14)(H2,12,13). The molecule has 0 fully saturated rings. The first-order chi connectivity index (χ1) is 7.59. The first kappa shape index (κ1) is 10.2. The molecular weight excluding hydrogens is 208 g/mol. The van der Waals surface area contributed by atoms with Crippen LogP contribution in [0.5, 0.6) is 0 Å². The van der Waals surface area contributed by atoms with Crippen LogP contribution in [0.4, 0.5) is 11.6 Å². The largest absolute Gasteiger partial charge is 0.463 e. The van der Waals surface area contributed by atoms with E-state index in [2.05, 4.69) is 9.97 Å². The number of hydrogen-bond donors (Lipinski definition) is 2. The van der Waals surface area contributed by atoms with Gasteiger partial charge in [0.25, 0.3) is 0 Å². The van der Waals surface area contributed by atoms with Crippen molar-refractivity contribution < 1.29 is 9.21 Å². The molecule has 0 radical (unpaired) electrons. The highest BCUT2D eigenvalue weighted by Crippen LogP contribution is 2.24. The van der Waals surface area contributed by atoms with Gasteiger partial charge in [-0.25, -0.2) is 9.97 Å². The van der Waals surface area contributed by atoms with E-state index in [0.717, 1.165) is 0 Å². The Balaban J connectivity index is 2.59. The van der Waals surface area contributed by atoms with Crippen molar-refractivity contribution in [3.8, 4) is 11.5 Å². The highest BCUT2D eigenvalue weighted by Gasteiger charge is 2.15. The number of nitrogens with zero attached hydrogens (tertiary/aromatic N) is 2. The normalized spacial score (nSPS) is 10.3. The Labute approximate surface area is 91.3 Å². The summed E-state index contributed by atoms with van der Waals surface area (Å²) >= 11 is 0. The number of anilines is 2. The molecule has 0 saturated heterocycles. The SMILES string of the molecule is CC(=O)c1nc(N)c(-c2ccco2)nc1N. The summed E-state index contributed by atoms with van der Waals surface area (Å²) in [4.78, 5) is 19.1. The Morgan fingerprint density at radius 1 is 1.31 bits per heavy atom. The number of rotatable bonds is 2. The number of carbonyl (C=O) groups is 1. The number of carbonyl (C=O) groups excluding carboxylic acids is 1. The zero-order valence-electron chi connectivity index (χ0n) is 8.60. The van der Waals surface area contributed by atoms with Crippen LogP contribution in [0.3, 0.4) is 0 Å². The number of furan rings is 1. The molecule has 0 bridgehead atoms. The second kappa shape index (κ2) is 3.65. The molecule has 0 aliphatic heterocycles. The zero-order chi connectivity index (χ0) is 11.7. The summed E-state index contributed by atoms with van der Waals surface area (Å²) in [7, 11) is 0. The molecule has 0 unspecified atom stereocenters. The van der Waals surface area contributed by atoms with Crippen LogP contribution in [-0.2, 0) is 0 Å². The molecule has 16 heavy (non-hydrogen) atoms. The minimum Gasteiger partial charge on any atom is -0.463 e. The first-order valence-electron chi connectivity index (χ1n) is 4.57. The molecule has 2 aromatic heterocycles. The van der Waals surface area contributed by atoms with Crippen LogP contribution in [0, 0.1) is 0 Å². The molecule has 2 heterocycles. The van der Waals surface area contributed by atoms with Gasteiger partial charge in [0.2, 0.25) is 0 Å². The Morgan fingerprint density at radius 3 is 2.62 bits per heavy atom. The number of ketones is 1. The second-order valence-corrected chi connectivity index (χ2v) is 3.22. The van der Waals surface area contributed by atoms with Crippen molar-refractivity contribution in [1.29, 1.82) is 0 Å². The molecule has 0 aliphatic carbocycles. The lowest BCUT2D eigenvalue weighted by atomic mass is 10.2. The van der Waals surface area contributed by atoms with Gasteiger partial charge in [-0.05, 0) is 12.1 Å². The maximum Gasteiger partial charge on any atom is 0.181 e. The predicted molar refractivity (Wildman–Crippen MR) is 58.6 cm³/mol.